The van der Waals surface area contributed by atoms with Gasteiger partial charge in [-0.1, -0.05) is 84.5 Å². The van der Waals surface area contributed by atoms with E-state index in [9.17, 15) is 14.7 Å². The van der Waals surface area contributed by atoms with Gasteiger partial charge in [0.2, 0.25) is 5.91 Å². The van der Waals surface area contributed by atoms with Crippen molar-refractivity contribution >= 4 is 11.9 Å². The highest BCUT2D eigenvalue weighted by Gasteiger charge is 2.24. The van der Waals surface area contributed by atoms with Crippen molar-refractivity contribution in [2.45, 2.75) is 110 Å². The van der Waals surface area contributed by atoms with Crippen LogP contribution in [0, 0.1) is 0 Å². The molecule has 1 amide bonds. The molecule has 0 saturated carbocycles. The zero-order chi connectivity index (χ0) is 18.2. The Kier molecular flexibility index (Phi) is 14.8. The maximum Gasteiger partial charge on any atom is 0.326 e. The number of carboxylic acids is 1. The number of aliphatic carboxylic acids is 1. The Hall–Kier alpha value is -1.06. The number of nitrogens with zero attached hydrogens (tertiary/aromatic N) is 1. The van der Waals surface area contributed by atoms with Gasteiger partial charge in [0.1, 0.15) is 6.04 Å². The predicted molar refractivity (Wildman–Crippen MR) is 100 cm³/mol. The molecule has 142 valence electrons. The molecule has 0 heterocycles. The normalized spacial score (nSPS) is 12.1. The summed E-state index contributed by atoms with van der Waals surface area (Å²) in [4.78, 5) is 24.7. The average molecular weight is 342 g/mol. The van der Waals surface area contributed by atoms with Gasteiger partial charge in [-0.25, -0.2) is 4.79 Å². The predicted octanol–water partition coefficient (Wildman–Crippen LogP) is 5.40. The second-order valence-electron chi connectivity index (χ2n) is 6.93. The molecule has 0 aromatic rings. The molecule has 1 atom stereocenters. The summed E-state index contributed by atoms with van der Waals surface area (Å²) < 4.78 is 0. The minimum absolute atomic E-state index is 0.0354. The number of likely N-dealkylation sites (N-methyl/N-ethyl adjacent to an activating group) is 1. The largest absolute Gasteiger partial charge is 0.480 e. The Bertz CT molecular complexity index is 331. The molecule has 24 heavy (non-hydrogen) atoms. The van der Waals surface area contributed by atoms with E-state index < -0.39 is 12.0 Å². The molecule has 0 aliphatic carbocycles. The van der Waals surface area contributed by atoms with Crippen molar-refractivity contribution in [1.82, 2.24) is 4.90 Å². The van der Waals surface area contributed by atoms with Gasteiger partial charge in [-0.3, -0.25) is 4.79 Å². The summed E-state index contributed by atoms with van der Waals surface area (Å²) in [5.41, 5.74) is 0. The Morgan fingerprint density at radius 2 is 1.25 bits per heavy atom. The number of carbonyl (C=O) groups is 2. The van der Waals surface area contributed by atoms with Crippen LogP contribution in [0.2, 0.25) is 0 Å². The summed E-state index contributed by atoms with van der Waals surface area (Å²) in [5.74, 6) is -0.932. The second-order valence-corrected chi connectivity index (χ2v) is 6.93. The van der Waals surface area contributed by atoms with Crippen LogP contribution in [0.3, 0.4) is 0 Å². The number of carboxylic acid groups (broad SMARTS) is 1. The Balaban J connectivity index is 3.62. The molecule has 4 heteroatoms. The van der Waals surface area contributed by atoms with Gasteiger partial charge >= 0.3 is 5.97 Å². The number of hydrogen-bond acceptors (Lipinski definition) is 2. The van der Waals surface area contributed by atoms with Gasteiger partial charge in [0.15, 0.2) is 0 Å². The molecule has 4 nitrogen and oxygen atoms in total. The van der Waals surface area contributed by atoms with Crippen LogP contribution in [-0.4, -0.2) is 35.0 Å². The molecular weight excluding hydrogens is 302 g/mol. The Morgan fingerprint density at radius 1 is 0.792 bits per heavy atom. The molecule has 0 spiro atoms. The molecule has 0 saturated heterocycles. The van der Waals surface area contributed by atoms with Gasteiger partial charge in [-0.15, -0.1) is 0 Å². The van der Waals surface area contributed by atoms with Crippen LogP contribution in [0.1, 0.15) is 104 Å². The van der Waals surface area contributed by atoms with Crippen molar-refractivity contribution < 1.29 is 14.7 Å². The molecule has 0 bridgehead atoms. The fourth-order valence-corrected chi connectivity index (χ4v) is 3.05. The minimum Gasteiger partial charge on any atom is -0.480 e. The molecule has 1 unspecified atom stereocenters. The van der Waals surface area contributed by atoms with Gasteiger partial charge in [0.25, 0.3) is 0 Å². The number of amides is 1. The fraction of sp³-hybridized carbons (Fsp3) is 0.900. The lowest BCUT2D eigenvalue weighted by atomic mass is 10.0. The van der Waals surface area contributed by atoms with Crippen molar-refractivity contribution in [2.75, 3.05) is 7.05 Å². The van der Waals surface area contributed by atoms with Crippen molar-refractivity contribution in [2.24, 2.45) is 0 Å². The van der Waals surface area contributed by atoms with E-state index in [1.807, 2.05) is 6.92 Å². The molecule has 0 aromatic heterocycles. The molecule has 0 fully saturated rings. The summed E-state index contributed by atoms with van der Waals surface area (Å²) in [5, 5.41) is 9.19. The standard InChI is InChI=1S/C20H39NO3/c1-4-6-7-8-9-10-11-12-13-14-15-17-19(22)21(3)18(16-5-2)20(23)24/h18H,4-17H2,1-3H3,(H,23,24). The lowest BCUT2D eigenvalue weighted by Gasteiger charge is -2.24. The van der Waals surface area contributed by atoms with Crippen LogP contribution in [0.5, 0.6) is 0 Å². The monoisotopic (exact) mass is 341 g/mol. The molecule has 1 N–H and O–H groups in total. The first-order chi connectivity index (χ1) is 11.5. The van der Waals surface area contributed by atoms with Crippen LogP contribution in [-0.2, 0) is 9.59 Å². The Labute approximate surface area is 149 Å². The van der Waals surface area contributed by atoms with Crippen LogP contribution in [0.15, 0.2) is 0 Å². The maximum absolute atomic E-state index is 12.1. The van der Waals surface area contributed by atoms with Crippen molar-refractivity contribution in [3.8, 4) is 0 Å². The van der Waals surface area contributed by atoms with E-state index in [1.54, 1.807) is 7.05 Å². The van der Waals surface area contributed by atoms with Gasteiger partial charge < -0.3 is 10.0 Å². The third-order valence-corrected chi connectivity index (χ3v) is 4.70. The number of carbonyl (C=O) groups excluding carboxylic acids is 1. The van der Waals surface area contributed by atoms with E-state index in [0.29, 0.717) is 12.8 Å². The molecule has 0 aliphatic rings. The van der Waals surface area contributed by atoms with E-state index in [2.05, 4.69) is 6.92 Å². The van der Waals surface area contributed by atoms with E-state index in [-0.39, 0.29) is 5.91 Å². The molecule has 0 aromatic carbocycles. The van der Waals surface area contributed by atoms with Crippen molar-refractivity contribution in [3.05, 3.63) is 0 Å². The zero-order valence-electron chi connectivity index (χ0n) is 16.2. The van der Waals surface area contributed by atoms with Crippen LogP contribution >= 0.6 is 0 Å². The minimum atomic E-state index is -0.897. The van der Waals surface area contributed by atoms with Gasteiger partial charge in [-0.2, -0.15) is 0 Å². The first kappa shape index (κ1) is 22.9. The van der Waals surface area contributed by atoms with Crippen molar-refractivity contribution in [1.29, 1.82) is 0 Å². The van der Waals surface area contributed by atoms with Gasteiger partial charge in [-0.05, 0) is 12.8 Å². The summed E-state index contributed by atoms with van der Waals surface area (Å²) in [6, 6.07) is -0.671. The first-order valence-electron chi connectivity index (χ1n) is 10.0. The van der Waals surface area contributed by atoms with E-state index >= 15 is 0 Å². The quantitative estimate of drug-likeness (QED) is 0.382. The highest BCUT2D eigenvalue weighted by molar-refractivity contribution is 5.83. The van der Waals surface area contributed by atoms with Crippen LogP contribution in [0.25, 0.3) is 0 Å². The summed E-state index contributed by atoms with van der Waals surface area (Å²) in [6.07, 6.45) is 15.6. The van der Waals surface area contributed by atoms with E-state index in [4.69, 9.17) is 0 Å². The number of rotatable bonds is 16. The van der Waals surface area contributed by atoms with E-state index in [1.165, 1.54) is 62.7 Å². The summed E-state index contributed by atoms with van der Waals surface area (Å²) in [7, 11) is 1.62. The van der Waals surface area contributed by atoms with Crippen molar-refractivity contribution in [3.63, 3.8) is 0 Å². The number of unbranched alkanes of at least 4 members (excludes halogenated alkanes) is 10. The zero-order valence-corrected chi connectivity index (χ0v) is 16.2. The fourth-order valence-electron chi connectivity index (χ4n) is 3.05. The van der Waals surface area contributed by atoms with Crippen LogP contribution in [0.4, 0.5) is 0 Å². The Morgan fingerprint density at radius 3 is 1.67 bits per heavy atom. The topological polar surface area (TPSA) is 57.6 Å². The highest BCUT2D eigenvalue weighted by atomic mass is 16.4. The van der Waals surface area contributed by atoms with Crippen LogP contribution < -0.4 is 0 Å². The smallest absolute Gasteiger partial charge is 0.326 e. The lowest BCUT2D eigenvalue weighted by molar-refractivity contribution is -0.149. The summed E-state index contributed by atoms with van der Waals surface area (Å²) >= 11 is 0. The second kappa shape index (κ2) is 15.5. The lowest BCUT2D eigenvalue weighted by Crippen LogP contribution is -2.42. The molecule has 0 rings (SSSR count). The first-order valence-corrected chi connectivity index (χ1v) is 10.0. The molecule has 0 radical (unpaired) electrons. The third kappa shape index (κ3) is 11.5. The SMILES string of the molecule is CCCCCCCCCCCCCC(=O)N(C)C(CCC)C(=O)O. The maximum atomic E-state index is 12.1. The van der Waals surface area contributed by atoms with Gasteiger partial charge in [0.05, 0.1) is 0 Å². The summed E-state index contributed by atoms with van der Waals surface area (Å²) in [6.45, 7) is 4.19. The van der Waals surface area contributed by atoms with Gasteiger partial charge in [0, 0.05) is 13.5 Å². The third-order valence-electron chi connectivity index (χ3n) is 4.70. The average Bonchev–Trinajstić information content (AvgIpc) is 2.56. The van der Waals surface area contributed by atoms with E-state index in [0.717, 1.165) is 19.3 Å². The molecular formula is C20H39NO3. The molecule has 0 aliphatic heterocycles. The highest BCUT2D eigenvalue weighted by Crippen LogP contribution is 2.13. The number of hydrogen-bond donors (Lipinski definition) is 1.